The zero-order chi connectivity index (χ0) is 18.8. The van der Waals surface area contributed by atoms with Crippen LogP contribution in [0.3, 0.4) is 0 Å². The Hall–Kier alpha value is -2.13. The first-order valence-corrected chi connectivity index (χ1v) is 8.33. The Morgan fingerprint density at radius 1 is 1.35 bits per heavy atom. The van der Waals surface area contributed by atoms with Gasteiger partial charge in [-0.2, -0.15) is 13.2 Å². The third-order valence-electron chi connectivity index (χ3n) is 4.62. The summed E-state index contributed by atoms with van der Waals surface area (Å²) in [4.78, 5) is 26.7. The molecule has 1 aromatic rings. The van der Waals surface area contributed by atoms with Crippen LogP contribution in [0.4, 0.5) is 13.2 Å². The van der Waals surface area contributed by atoms with Gasteiger partial charge in [-0.05, 0) is 5.56 Å². The normalized spacial score (nSPS) is 26.7. The molecule has 26 heavy (non-hydrogen) atoms. The Balaban J connectivity index is 1.77. The van der Waals surface area contributed by atoms with Crippen molar-refractivity contribution >= 4 is 11.8 Å². The van der Waals surface area contributed by atoms with Crippen LogP contribution in [-0.2, 0) is 20.9 Å². The van der Waals surface area contributed by atoms with E-state index < -0.39 is 36.1 Å². The van der Waals surface area contributed by atoms with Gasteiger partial charge < -0.3 is 15.4 Å². The fourth-order valence-electron chi connectivity index (χ4n) is 3.47. The number of likely N-dealkylation sites (tertiary alicyclic amines) is 1. The van der Waals surface area contributed by atoms with Crippen LogP contribution in [0.15, 0.2) is 30.3 Å². The highest BCUT2D eigenvalue weighted by molar-refractivity contribution is 5.94. The molecule has 2 aliphatic heterocycles. The van der Waals surface area contributed by atoms with E-state index in [1.165, 1.54) is 0 Å². The van der Waals surface area contributed by atoms with Gasteiger partial charge in [-0.3, -0.25) is 14.5 Å². The summed E-state index contributed by atoms with van der Waals surface area (Å²) in [6, 6.07) is 9.44. The number of hydrogen-bond acceptors (Lipinski definition) is 4. The lowest BCUT2D eigenvalue weighted by molar-refractivity contribution is -0.165. The van der Waals surface area contributed by atoms with Gasteiger partial charge in [-0.25, -0.2) is 0 Å². The van der Waals surface area contributed by atoms with Crippen LogP contribution >= 0.6 is 0 Å². The number of benzene rings is 1. The van der Waals surface area contributed by atoms with Gasteiger partial charge in [0.25, 0.3) is 5.91 Å². The van der Waals surface area contributed by atoms with Crippen molar-refractivity contribution in [2.75, 3.05) is 32.8 Å². The molecule has 1 aromatic carbocycles. The Kier molecular flexibility index (Phi) is 5.19. The van der Waals surface area contributed by atoms with Gasteiger partial charge in [-0.15, -0.1) is 0 Å². The van der Waals surface area contributed by atoms with Crippen molar-refractivity contribution in [1.82, 2.24) is 15.5 Å². The lowest BCUT2D eigenvalue weighted by Crippen LogP contribution is -2.62. The summed E-state index contributed by atoms with van der Waals surface area (Å²) in [5.41, 5.74) is -0.474. The van der Waals surface area contributed by atoms with E-state index in [1.54, 1.807) is 0 Å². The van der Waals surface area contributed by atoms with Crippen LogP contribution < -0.4 is 10.6 Å². The predicted octanol–water partition coefficient (Wildman–Crippen LogP) is 0.682. The minimum Gasteiger partial charge on any atom is -0.361 e. The summed E-state index contributed by atoms with van der Waals surface area (Å²) in [5, 5.41) is 4.55. The number of alkyl halides is 3. The van der Waals surface area contributed by atoms with Gasteiger partial charge in [0.2, 0.25) is 5.91 Å². The number of nitrogens with zero attached hydrogens (tertiary/aromatic N) is 1. The van der Waals surface area contributed by atoms with E-state index in [9.17, 15) is 22.8 Å². The van der Waals surface area contributed by atoms with Gasteiger partial charge in [-0.1, -0.05) is 30.3 Å². The lowest BCUT2D eigenvalue weighted by Gasteiger charge is -2.36. The number of rotatable bonds is 4. The van der Waals surface area contributed by atoms with Gasteiger partial charge in [0, 0.05) is 26.2 Å². The largest absolute Gasteiger partial charge is 0.405 e. The lowest BCUT2D eigenvalue weighted by atomic mass is 9.88. The first-order valence-electron chi connectivity index (χ1n) is 8.33. The van der Waals surface area contributed by atoms with Crippen LogP contribution in [0, 0.1) is 5.92 Å². The molecule has 9 heteroatoms. The Bertz CT molecular complexity index is 668. The zero-order valence-electron chi connectivity index (χ0n) is 14.0. The first kappa shape index (κ1) is 18.7. The summed E-state index contributed by atoms with van der Waals surface area (Å²) in [5.74, 6) is -2.28. The molecule has 6 nitrogen and oxygen atoms in total. The average Bonchev–Trinajstić information content (AvgIpc) is 2.95. The number of amides is 2. The highest BCUT2D eigenvalue weighted by atomic mass is 19.4. The van der Waals surface area contributed by atoms with Gasteiger partial charge >= 0.3 is 6.18 Å². The number of nitrogens with one attached hydrogen (secondary N) is 2. The minimum atomic E-state index is -4.51. The van der Waals surface area contributed by atoms with Crippen molar-refractivity contribution in [3.05, 3.63) is 35.9 Å². The highest BCUT2D eigenvalue weighted by Gasteiger charge is 2.57. The highest BCUT2D eigenvalue weighted by Crippen LogP contribution is 2.34. The second kappa shape index (κ2) is 7.24. The molecule has 0 aliphatic carbocycles. The molecule has 142 valence electrons. The monoisotopic (exact) mass is 371 g/mol. The third kappa shape index (κ3) is 3.99. The molecule has 2 N–H and O–H groups in total. The number of ether oxygens (including phenoxy) is 1. The molecule has 2 aliphatic rings. The number of halogens is 3. The summed E-state index contributed by atoms with van der Waals surface area (Å²) in [7, 11) is 0. The standard InChI is InChI=1S/C17H20F3N3O3/c18-17(19,20)10-22-14(24)13-9-23(8-12-4-2-1-3-5-12)11-16(13)15(25)21-6-7-26-16/h1-5,13H,6-11H2,(H,21,25)(H,22,24)/t13-,16-/m1/s1. The van der Waals surface area contributed by atoms with Crippen molar-refractivity contribution in [3.8, 4) is 0 Å². The average molecular weight is 371 g/mol. The van der Waals surface area contributed by atoms with E-state index in [-0.39, 0.29) is 19.7 Å². The van der Waals surface area contributed by atoms with E-state index in [2.05, 4.69) is 5.32 Å². The minimum absolute atomic E-state index is 0.145. The van der Waals surface area contributed by atoms with Crippen molar-refractivity contribution < 1.29 is 27.5 Å². The zero-order valence-corrected chi connectivity index (χ0v) is 14.0. The van der Waals surface area contributed by atoms with E-state index in [0.717, 1.165) is 5.56 Å². The van der Waals surface area contributed by atoms with Gasteiger partial charge in [0.05, 0.1) is 12.5 Å². The molecule has 0 radical (unpaired) electrons. The van der Waals surface area contributed by atoms with E-state index in [1.807, 2.05) is 40.5 Å². The SMILES string of the molecule is O=C(NCC(F)(F)F)[C@H]1CN(Cc2ccccc2)C[C@@]12OCCNC2=O. The topological polar surface area (TPSA) is 70.7 Å². The summed E-state index contributed by atoms with van der Waals surface area (Å²) in [6.45, 7) is -0.130. The third-order valence-corrected chi connectivity index (χ3v) is 4.62. The number of morpholine rings is 1. The van der Waals surface area contributed by atoms with Gasteiger partial charge in [0.15, 0.2) is 5.60 Å². The summed E-state index contributed by atoms with van der Waals surface area (Å²) in [6.07, 6.45) is -4.51. The van der Waals surface area contributed by atoms with Crippen molar-refractivity contribution in [3.63, 3.8) is 0 Å². The maximum Gasteiger partial charge on any atom is 0.405 e. The molecule has 2 saturated heterocycles. The fourth-order valence-corrected chi connectivity index (χ4v) is 3.47. The molecule has 0 bridgehead atoms. The van der Waals surface area contributed by atoms with E-state index in [4.69, 9.17) is 4.74 Å². The van der Waals surface area contributed by atoms with E-state index >= 15 is 0 Å². The molecule has 0 saturated carbocycles. The van der Waals surface area contributed by atoms with Crippen molar-refractivity contribution in [2.45, 2.75) is 18.3 Å². The smallest absolute Gasteiger partial charge is 0.361 e. The molecular weight excluding hydrogens is 351 g/mol. The van der Waals surface area contributed by atoms with Crippen LogP contribution in [0.5, 0.6) is 0 Å². The van der Waals surface area contributed by atoms with Crippen molar-refractivity contribution in [1.29, 1.82) is 0 Å². The summed E-state index contributed by atoms with van der Waals surface area (Å²) < 4.78 is 43.0. The molecule has 0 unspecified atom stereocenters. The Morgan fingerprint density at radius 2 is 2.08 bits per heavy atom. The first-order chi connectivity index (χ1) is 12.3. The fraction of sp³-hybridized carbons (Fsp3) is 0.529. The summed E-state index contributed by atoms with van der Waals surface area (Å²) >= 11 is 0. The van der Waals surface area contributed by atoms with Crippen LogP contribution in [0.1, 0.15) is 5.56 Å². The number of hydrogen-bond donors (Lipinski definition) is 2. The Labute approximate surface area is 148 Å². The maximum atomic E-state index is 12.5. The number of carbonyl (C=O) groups is 2. The van der Waals surface area contributed by atoms with Crippen molar-refractivity contribution in [2.24, 2.45) is 5.92 Å². The molecule has 2 atom stereocenters. The van der Waals surface area contributed by atoms with Crippen LogP contribution in [0.25, 0.3) is 0 Å². The second-order valence-electron chi connectivity index (χ2n) is 6.53. The quantitative estimate of drug-likeness (QED) is 0.817. The number of carbonyl (C=O) groups excluding carboxylic acids is 2. The van der Waals surface area contributed by atoms with Crippen LogP contribution in [-0.4, -0.2) is 61.3 Å². The molecule has 2 amide bonds. The second-order valence-corrected chi connectivity index (χ2v) is 6.53. The van der Waals surface area contributed by atoms with Gasteiger partial charge in [0.1, 0.15) is 6.54 Å². The molecule has 2 heterocycles. The molecule has 2 fully saturated rings. The molecule has 0 aromatic heterocycles. The Morgan fingerprint density at radius 3 is 2.73 bits per heavy atom. The molecule has 1 spiro atoms. The molecular formula is C17H20F3N3O3. The van der Waals surface area contributed by atoms with Crippen LogP contribution in [0.2, 0.25) is 0 Å². The maximum absolute atomic E-state index is 12.5. The predicted molar refractivity (Wildman–Crippen MR) is 86.0 cm³/mol. The van der Waals surface area contributed by atoms with E-state index in [0.29, 0.717) is 13.1 Å². The molecule has 3 rings (SSSR count).